The molecule has 0 nitrogen and oxygen atoms in total. The predicted octanol–water partition coefficient (Wildman–Crippen LogP) is -1.11. The summed E-state index contributed by atoms with van der Waals surface area (Å²) >= 11 is 0. The van der Waals surface area contributed by atoms with Crippen molar-refractivity contribution in [3.05, 3.63) is 0 Å². The molecule has 1 rings (SSSR count). The molecule has 8 heavy (non-hydrogen) atoms. The van der Waals surface area contributed by atoms with Crippen LogP contribution in [0.15, 0.2) is 0 Å². The summed E-state index contributed by atoms with van der Waals surface area (Å²) < 4.78 is 0. The van der Waals surface area contributed by atoms with Crippen molar-refractivity contribution in [3.63, 3.8) is 0 Å². The Morgan fingerprint density at radius 1 is 1.12 bits per heavy atom. The molecule has 54 valence electrons. The van der Waals surface area contributed by atoms with Gasteiger partial charge < -0.3 is 12.4 Å². The van der Waals surface area contributed by atoms with E-state index < -0.39 is 0 Å². The fourth-order valence-corrected chi connectivity index (χ4v) is 2.63. The SMILES string of the molecule is CP1CCCC1.[Au+].[Cl-]. The third-order valence-corrected chi connectivity index (χ3v) is 3.49. The molecule has 0 aliphatic carbocycles. The Kier molecular flexibility index (Phi) is 10.0. The third kappa shape index (κ3) is 4.35. The van der Waals surface area contributed by atoms with E-state index in [1.807, 2.05) is 0 Å². The Morgan fingerprint density at radius 2 is 1.50 bits per heavy atom. The molecule has 0 bridgehead atoms. The van der Waals surface area contributed by atoms with Gasteiger partial charge in [0.15, 0.2) is 0 Å². The fraction of sp³-hybridized carbons (Fsp3) is 1.00. The van der Waals surface area contributed by atoms with Gasteiger partial charge in [-0.15, -0.1) is 7.92 Å². The Labute approximate surface area is 74.5 Å². The van der Waals surface area contributed by atoms with E-state index in [1.165, 1.54) is 12.8 Å². The predicted molar refractivity (Wildman–Crippen MR) is 31.8 cm³/mol. The molecule has 0 aromatic carbocycles. The standard InChI is InChI=1S/C5H11P.Au.ClH/c1-6-4-2-3-5-6;;/h2-5H2,1H3;;1H/q;+1;/p-1. The van der Waals surface area contributed by atoms with E-state index in [9.17, 15) is 0 Å². The Morgan fingerprint density at radius 3 is 1.62 bits per heavy atom. The van der Waals surface area contributed by atoms with E-state index in [1.54, 1.807) is 12.3 Å². The van der Waals surface area contributed by atoms with Crippen LogP contribution in [0.4, 0.5) is 0 Å². The molecule has 0 radical (unpaired) electrons. The first-order valence-electron chi connectivity index (χ1n) is 2.58. The molecule has 0 spiro atoms. The smallest absolute Gasteiger partial charge is 1.00 e. The van der Waals surface area contributed by atoms with Crippen molar-refractivity contribution < 1.29 is 34.8 Å². The third-order valence-electron chi connectivity index (χ3n) is 1.33. The maximum Gasteiger partial charge on any atom is 1.00 e. The zero-order valence-electron chi connectivity index (χ0n) is 4.96. The summed E-state index contributed by atoms with van der Waals surface area (Å²) in [6.07, 6.45) is 6.13. The van der Waals surface area contributed by atoms with E-state index in [0.29, 0.717) is 7.92 Å². The van der Waals surface area contributed by atoms with Crippen LogP contribution in [0.5, 0.6) is 0 Å². The maximum absolute atomic E-state index is 2.41. The Bertz CT molecular complexity index is 45.7. The number of rotatable bonds is 0. The van der Waals surface area contributed by atoms with E-state index in [-0.39, 0.29) is 34.8 Å². The van der Waals surface area contributed by atoms with Crippen molar-refractivity contribution in [1.29, 1.82) is 0 Å². The molecule has 1 heterocycles. The first kappa shape index (κ1) is 12.2. The molecule has 3 heteroatoms. The molecule has 0 atom stereocenters. The van der Waals surface area contributed by atoms with E-state index >= 15 is 0 Å². The first-order valence-corrected chi connectivity index (χ1v) is 4.74. The Balaban J connectivity index is 0. The van der Waals surface area contributed by atoms with Gasteiger partial charge in [0.2, 0.25) is 0 Å². The van der Waals surface area contributed by atoms with Crippen LogP contribution in [0.3, 0.4) is 0 Å². The molecule has 0 aromatic rings. The van der Waals surface area contributed by atoms with Gasteiger partial charge in [-0.05, 0) is 31.8 Å². The molecule has 0 N–H and O–H groups in total. The molecule has 1 aliphatic heterocycles. The number of hydrogen-bond donors (Lipinski definition) is 0. The van der Waals surface area contributed by atoms with Crippen molar-refractivity contribution in [2.24, 2.45) is 0 Å². The van der Waals surface area contributed by atoms with Gasteiger partial charge in [-0.3, -0.25) is 0 Å². The first-order chi connectivity index (χ1) is 2.89. The van der Waals surface area contributed by atoms with Crippen molar-refractivity contribution in [2.75, 3.05) is 19.0 Å². The van der Waals surface area contributed by atoms with E-state index in [4.69, 9.17) is 0 Å². The Hall–Kier alpha value is 1.46. The average Bonchev–Trinajstić information content (AvgIpc) is 1.86. The second kappa shape index (κ2) is 6.58. The van der Waals surface area contributed by atoms with Crippen LogP contribution in [-0.2, 0) is 22.4 Å². The van der Waals surface area contributed by atoms with Crippen LogP contribution in [0.2, 0.25) is 0 Å². The van der Waals surface area contributed by atoms with E-state index in [2.05, 4.69) is 6.66 Å². The van der Waals surface area contributed by atoms with Crippen LogP contribution < -0.4 is 12.4 Å². The van der Waals surface area contributed by atoms with Gasteiger partial charge in [-0.1, -0.05) is 0 Å². The van der Waals surface area contributed by atoms with Crippen molar-refractivity contribution >= 4 is 7.92 Å². The second-order valence-electron chi connectivity index (χ2n) is 2.01. The molecule has 0 amide bonds. The van der Waals surface area contributed by atoms with Gasteiger partial charge in [0.25, 0.3) is 0 Å². The van der Waals surface area contributed by atoms with Gasteiger partial charge >= 0.3 is 22.4 Å². The summed E-state index contributed by atoms with van der Waals surface area (Å²) in [5.41, 5.74) is 0. The normalized spacial score (nSPS) is 19.1. The minimum atomic E-state index is 0. The summed E-state index contributed by atoms with van der Waals surface area (Å²) in [4.78, 5) is 0. The largest absolute Gasteiger partial charge is 1.00 e. The molecule has 1 aliphatic rings. The van der Waals surface area contributed by atoms with Crippen LogP contribution in [0, 0.1) is 0 Å². The summed E-state index contributed by atoms with van der Waals surface area (Å²) in [5.74, 6) is 0. The second-order valence-corrected chi connectivity index (χ2v) is 4.62. The van der Waals surface area contributed by atoms with Crippen molar-refractivity contribution in [3.8, 4) is 0 Å². The van der Waals surface area contributed by atoms with Gasteiger partial charge in [0.05, 0.1) is 0 Å². The molecule has 1 fully saturated rings. The zero-order chi connectivity index (χ0) is 4.41. The van der Waals surface area contributed by atoms with Crippen LogP contribution in [0.1, 0.15) is 12.8 Å². The zero-order valence-corrected chi connectivity index (χ0v) is 8.77. The maximum atomic E-state index is 2.41. The molecular weight excluding hydrogens is 323 g/mol. The summed E-state index contributed by atoms with van der Waals surface area (Å²) in [5, 5.41) is 0. The van der Waals surface area contributed by atoms with Crippen LogP contribution in [-0.4, -0.2) is 19.0 Å². The molecule has 0 unspecified atom stereocenters. The van der Waals surface area contributed by atoms with E-state index in [0.717, 1.165) is 0 Å². The summed E-state index contributed by atoms with van der Waals surface area (Å²) in [6.45, 7) is 2.41. The molecule has 0 aromatic heterocycles. The quantitative estimate of drug-likeness (QED) is 0.389. The minimum Gasteiger partial charge on any atom is -1.00 e. The number of halogens is 1. The molecular formula is C5H11AuClP. The monoisotopic (exact) mass is 334 g/mol. The van der Waals surface area contributed by atoms with Gasteiger partial charge in [-0.25, -0.2) is 0 Å². The summed E-state index contributed by atoms with van der Waals surface area (Å²) in [6, 6.07) is 0. The van der Waals surface area contributed by atoms with Gasteiger partial charge in [0.1, 0.15) is 0 Å². The van der Waals surface area contributed by atoms with Crippen LogP contribution in [0.25, 0.3) is 0 Å². The minimum absolute atomic E-state index is 0. The van der Waals surface area contributed by atoms with Crippen molar-refractivity contribution in [1.82, 2.24) is 0 Å². The van der Waals surface area contributed by atoms with Gasteiger partial charge in [0, 0.05) is 0 Å². The fourth-order valence-electron chi connectivity index (χ4n) is 0.875. The number of hydrogen-bond acceptors (Lipinski definition) is 0. The van der Waals surface area contributed by atoms with Crippen LogP contribution >= 0.6 is 7.92 Å². The molecule has 1 saturated heterocycles. The summed E-state index contributed by atoms with van der Waals surface area (Å²) in [7, 11) is 0.535. The molecule has 0 saturated carbocycles. The van der Waals surface area contributed by atoms with Gasteiger partial charge in [-0.2, -0.15) is 0 Å². The average molecular weight is 335 g/mol. The van der Waals surface area contributed by atoms with Crippen molar-refractivity contribution in [2.45, 2.75) is 12.8 Å². The topological polar surface area (TPSA) is 0 Å².